The van der Waals surface area contributed by atoms with Crippen molar-refractivity contribution in [2.75, 3.05) is 13.7 Å². The highest BCUT2D eigenvalue weighted by Crippen LogP contribution is 2.32. The van der Waals surface area contributed by atoms with E-state index in [1.165, 1.54) is 25.3 Å². The first-order valence-electron chi connectivity index (χ1n) is 12.1. The number of fused-ring (bicyclic) bond motifs is 1. The Labute approximate surface area is 215 Å². The lowest BCUT2D eigenvalue weighted by Crippen LogP contribution is -2.08. The third kappa shape index (κ3) is 6.35. The molecule has 0 aliphatic carbocycles. The van der Waals surface area contributed by atoms with Crippen LogP contribution < -0.4 is 0 Å². The Bertz CT molecular complexity index is 1420. The van der Waals surface area contributed by atoms with Gasteiger partial charge in [-0.05, 0) is 84.0 Å². The monoisotopic (exact) mass is 534 g/mol. The maximum Gasteiger partial charge on any atom is 0.419 e. The van der Waals surface area contributed by atoms with Gasteiger partial charge in [-0.3, -0.25) is 0 Å². The van der Waals surface area contributed by atoms with Gasteiger partial charge in [-0.1, -0.05) is 36.4 Å². The summed E-state index contributed by atoms with van der Waals surface area (Å²) in [6.45, 7) is 0.362. The number of aryl methyl sites for hydroxylation is 3. The molecule has 4 aromatic carbocycles. The molecule has 0 heterocycles. The molecule has 0 amide bonds. The number of ether oxygens (including phenoxy) is 1. The summed E-state index contributed by atoms with van der Waals surface area (Å²) >= 11 is 0. The van der Waals surface area contributed by atoms with Gasteiger partial charge in [0.1, 0.15) is 23.3 Å². The minimum atomic E-state index is -4.77. The van der Waals surface area contributed by atoms with Crippen molar-refractivity contribution >= 4 is 10.8 Å². The van der Waals surface area contributed by atoms with Crippen LogP contribution in [-0.4, -0.2) is 13.7 Å². The van der Waals surface area contributed by atoms with Crippen LogP contribution in [0.5, 0.6) is 0 Å². The maximum atomic E-state index is 15.2. The molecule has 0 atom stereocenters. The Hall–Kier alpha value is -3.39. The van der Waals surface area contributed by atoms with Gasteiger partial charge in [-0.2, -0.15) is 13.2 Å². The molecule has 0 aromatic heterocycles. The lowest BCUT2D eigenvalue weighted by atomic mass is 9.96. The molecule has 0 bridgehead atoms. The molecule has 0 fully saturated rings. The maximum absolute atomic E-state index is 15.2. The van der Waals surface area contributed by atoms with Gasteiger partial charge < -0.3 is 4.74 Å². The molecule has 0 radical (unpaired) electrons. The predicted molar refractivity (Wildman–Crippen MR) is 132 cm³/mol. The topological polar surface area (TPSA) is 9.23 Å². The van der Waals surface area contributed by atoms with Crippen LogP contribution >= 0.6 is 0 Å². The Balaban J connectivity index is 1.45. The predicted octanol–water partition coefficient (Wildman–Crippen LogP) is 8.17. The fourth-order valence-corrected chi connectivity index (χ4v) is 4.49. The van der Waals surface area contributed by atoms with Crippen LogP contribution in [0.25, 0.3) is 10.8 Å². The number of alkyl halides is 3. The van der Waals surface area contributed by atoms with Gasteiger partial charge in [0.15, 0.2) is 0 Å². The summed E-state index contributed by atoms with van der Waals surface area (Å²) in [5, 5.41) is 0.963. The van der Waals surface area contributed by atoms with Crippen LogP contribution in [0.15, 0.2) is 60.7 Å². The van der Waals surface area contributed by atoms with Crippen LogP contribution in [-0.2, 0) is 43.0 Å². The van der Waals surface area contributed by atoms with Crippen molar-refractivity contribution in [3.8, 4) is 0 Å². The highest BCUT2D eigenvalue weighted by atomic mass is 19.4. The molecule has 0 saturated carbocycles. The van der Waals surface area contributed by atoms with Crippen molar-refractivity contribution in [2.24, 2.45) is 0 Å². The largest absolute Gasteiger partial charge is 0.419 e. The van der Waals surface area contributed by atoms with Crippen LogP contribution in [0.4, 0.5) is 30.7 Å². The third-order valence-electron chi connectivity index (χ3n) is 6.58. The highest BCUT2D eigenvalue weighted by molar-refractivity contribution is 5.84. The number of rotatable bonds is 9. The molecule has 0 saturated heterocycles. The Morgan fingerprint density at radius 3 is 1.92 bits per heavy atom. The standard InChI is InChI=1S/C30H25F7O/c1-38-13-12-20-16-26(31)24(27(32)17-20)10-4-18-3-9-23-22(14-18)8-7-21(29(23)34)6-2-19-5-11-25(28(33)15-19)30(35,36)37/h3,5,7-9,11,14-17H,2,4,6,10,12-13H2,1H3. The van der Waals surface area contributed by atoms with Crippen molar-refractivity contribution in [1.82, 2.24) is 0 Å². The van der Waals surface area contributed by atoms with Gasteiger partial charge in [0.2, 0.25) is 0 Å². The first-order chi connectivity index (χ1) is 18.1. The van der Waals surface area contributed by atoms with Crippen LogP contribution in [0.2, 0.25) is 0 Å². The fraction of sp³-hybridized carbons (Fsp3) is 0.267. The molecule has 1 nitrogen and oxygen atoms in total. The molecule has 200 valence electrons. The van der Waals surface area contributed by atoms with E-state index >= 15 is 4.39 Å². The van der Waals surface area contributed by atoms with Gasteiger partial charge >= 0.3 is 6.18 Å². The number of methoxy groups -OCH3 is 1. The average Bonchev–Trinajstić information content (AvgIpc) is 2.86. The molecule has 0 aliphatic heterocycles. The molecular weight excluding hydrogens is 509 g/mol. The first kappa shape index (κ1) is 27.6. The first-order valence-corrected chi connectivity index (χ1v) is 12.1. The molecule has 0 spiro atoms. The zero-order chi connectivity index (χ0) is 27.4. The van der Waals surface area contributed by atoms with Gasteiger partial charge in [-0.15, -0.1) is 0 Å². The summed E-state index contributed by atoms with van der Waals surface area (Å²) in [6, 6.07) is 13.7. The van der Waals surface area contributed by atoms with E-state index < -0.39 is 35.0 Å². The molecule has 4 aromatic rings. The molecule has 0 aliphatic rings. The molecule has 0 N–H and O–H groups in total. The quantitative estimate of drug-likeness (QED) is 0.197. The van der Waals surface area contributed by atoms with Crippen LogP contribution in [0.3, 0.4) is 0 Å². The summed E-state index contributed by atoms with van der Waals surface area (Å²) in [6.07, 6.45) is -3.54. The minimum absolute atomic E-state index is 0.00695. The van der Waals surface area contributed by atoms with Gasteiger partial charge in [-0.25, -0.2) is 17.6 Å². The van der Waals surface area contributed by atoms with E-state index in [0.717, 1.165) is 11.6 Å². The van der Waals surface area contributed by atoms with E-state index in [4.69, 9.17) is 4.74 Å². The lowest BCUT2D eigenvalue weighted by Gasteiger charge is -2.11. The smallest absolute Gasteiger partial charge is 0.384 e. The average molecular weight is 535 g/mol. The summed E-state index contributed by atoms with van der Waals surface area (Å²) in [7, 11) is 1.52. The summed E-state index contributed by atoms with van der Waals surface area (Å²) in [5.74, 6) is -3.05. The molecule has 4 rings (SSSR count). The second kappa shape index (κ2) is 11.6. The normalized spacial score (nSPS) is 11.9. The van der Waals surface area contributed by atoms with Gasteiger partial charge in [0, 0.05) is 18.1 Å². The van der Waals surface area contributed by atoms with Crippen LogP contribution in [0, 0.1) is 23.3 Å². The molecule has 0 unspecified atom stereocenters. The Morgan fingerprint density at radius 2 is 1.26 bits per heavy atom. The third-order valence-corrected chi connectivity index (χ3v) is 6.58. The second-order valence-electron chi connectivity index (χ2n) is 9.19. The van der Waals surface area contributed by atoms with E-state index in [0.29, 0.717) is 53.0 Å². The number of hydrogen-bond donors (Lipinski definition) is 0. The molecule has 38 heavy (non-hydrogen) atoms. The summed E-state index contributed by atoms with van der Waals surface area (Å²) in [5.41, 5.74) is 0.643. The van der Waals surface area contributed by atoms with Crippen LogP contribution in [0.1, 0.15) is 33.4 Å². The van der Waals surface area contributed by atoms with Gasteiger partial charge in [0.05, 0.1) is 12.2 Å². The fourth-order valence-electron chi connectivity index (χ4n) is 4.49. The summed E-state index contributed by atoms with van der Waals surface area (Å²) < 4.78 is 101. The van der Waals surface area contributed by atoms with Gasteiger partial charge in [0.25, 0.3) is 0 Å². The van der Waals surface area contributed by atoms with E-state index in [1.807, 2.05) is 0 Å². The van der Waals surface area contributed by atoms with Crippen molar-refractivity contribution in [3.05, 3.63) is 117 Å². The van der Waals surface area contributed by atoms with E-state index in [1.54, 1.807) is 30.3 Å². The Kier molecular flexibility index (Phi) is 8.41. The van der Waals surface area contributed by atoms with Crippen molar-refractivity contribution in [1.29, 1.82) is 0 Å². The zero-order valence-corrected chi connectivity index (χ0v) is 20.6. The van der Waals surface area contributed by atoms with Crippen molar-refractivity contribution < 1.29 is 35.5 Å². The minimum Gasteiger partial charge on any atom is -0.384 e. The molecular formula is C30H25F7O. The lowest BCUT2D eigenvalue weighted by molar-refractivity contribution is -0.140. The highest BCUT2D eigenvalue weighted by Gasteiger charge is 2.33. The SMILES string of the molecule is COCCc1cc(F)c(CCc2ccc3c(F)c(CCc4ccc(C(F)(F)F)c(F)c4)ccc3c2)c(F)c1. The van der Waals surface area contributed by atoms with Crippen molar-refractivity contribution in [2.45, 2.75) is 38.3 Å². The zero-order valence-electron chi connectivity index (χ0n) is 20.6. The van der Waals surface area contributed by atoms with E-state index in [-0.39, 0.29) is 24.8 Å². The second-order valence-corrected chi connectivity index (χ2v) is 9.19. The summed E-state index contributed by atoms with van der Waals surface area (Å²) in [4.78, 5) is 0. The Morgan fingerprint density at radius 1 is 0.632 bits per heavy atom. The number of benzene rings is 4. The number of halogens is 7. The molecule has 8 heteroatoms. The van der Waals surface area contributed by atoms with E-state index in [9.17, 15) is 26.3 Å². The van der Waals surface area contributed by atoms with Crippen molar-refractivity contribution in [3.63, 3.8) is 0 Å². The number of hydrogen-bond acceptors (Lipinski definition) is 1. The van der Waals surface area contributed by atoms with E-state index in [2.05, 4.69) is 0 Å².